The maximum atomic E-state index is 9.64. The van der Waals surface area contributed by atoms with Gasteiger partial charge in [0.1, 0.15) is 0 Å². The molecule has 0 saturated heterocycles. The molecule has 0 spiro atoms. The van der Waals surface area contributed by atoms with Gasteiger partial charge in [0.05, 0.1) is 6.73 Å². The molecule has 0 radical (unpaired) electrons. The SMILES string of the molecule is CC/C1=C/C(C)CCN(CO)C2C=CC=CC2CS1. The van der Waals surface area contributed by atoms with E-state index in [1.807, 2.05) is 11.8 Å². The Balaban J connectivity index is 2.17. The van der Waals surface area contributed by atoms with Crippen LogP contribution in [0.15, 0.2) is 35.3 Å². The minimum absolute atomic E-state index is 0.154. The molecule has 0 amide bonds. The summed E-state index contributed by atoms with van der Waals surface area (Å²) in [6.07, 6.45) is 13.5. The average Bonchev–Trinajstić information content (AvgIpc) is 2.45. The molecule has 19 heavy (non-hydrogen) atoms. The van der Waals surface area contributed by atoms with E-state index in [1.54, 1.807) is 0 Å². The summed E-state index contributed by atoms with van der Waals surface area (Å²) in [6, 6.07) is 0.353. The fourth-order valence-corrected chi connectivity index (χ4v) is 3.99. The van der Waals surface area contributed by atoms with Crippen LogP contribution < -0.4 is 0 Å². The highest BCUT2D eigenvalue weighted by atomic mass is 32.2. The number of fused-ring (bicyclic) bond motifs is 1. The van der Waals surface area contributed by atoms with Crippen molar-refractivity contribution in [3.8, 4) is 0 Å². The van der Waals surface area contributed by atoms with Gasteiger partial charge in [-0.2, -0.15) is 0 Å². The van der Waals surface area contributed by atoms with E-state index in [4.69, 9.17) is 0 Å². The van der Waals surface area contributed by atoms with Crippen LogP contribution in [0.1, 0.15) is 26.7 Å². The average molecular weight is 279 g/mol. The Morgan fingerprint density at radius 3 is 2.89 bits per heavy atom. The Kier molecular flexibility index (Phi) is 5.74. The lowest BCUT2D eigenvalue weighted by atomic mass is 9.95. The van der Waals surface area contributed by atoms with Crippen LogP contribution in [0.3, 0.4) is 0 Å². The first-order valence-corrected chi connectivity index (χ1v) is 8.26. The van der Waals surface area contributed by atoms with Crippen LogP contribution in [0.5, 0.6) is 0 Å². The lowest BCUT2D eigenvalue weighted by molar-refractivity contribution is 0.0685. The van der Waals surface area contributed by atoms with E-state index >= 15 is 0 Å². The number of aliphatic hydroxyl groups is 1. The Labute approximate surface area is 121 Å². The fourth-order valence-electron chi connectivity index (χ4n) is 2.74. The maximum absolute atomic E-state index is 9.64. The summed E-state index contributed by atoms with van der Waals surface area (Å²) in [7, 11) is 0. The maximum Gasteiger partial charge on any atom is 0.0961 e. The quantitative estimate of drug-likeness (QED) is 0.838. The molecule has 3 atom stereocenters. The Morgan fingerprint density at radius 1 is 1.37 bits per heavy atom. The van der Waals surface area contributed by atoms with Crippen molar-refractivity contribution in [1.29, 1.82) is 0 Å². The molecule has 106 valence electrons. The van der Waals surface area contributed by atoms with Gasteiger partial charge in [-0.15, -0.1) is 11.8 Å². The van der Waals surface area contributed by atoms with E-state index in [1.165, 1.54) is 4.91 Å². The van der Waals surface area contributed by atoms with Gasteiger partial charge < -0.3 is 5.11 Å². The number of nitrogens with zero attached hydrogens (tertiary/aromatic N) is 1. The molecule has 3 heteroatoms. The predicted octanol–water partition coefficient (Wildman–Crippen LogP) is 3.42. The van der Waals surface area contributed by atoms with Gasteiger partial charge in [0.25, 0.3) is 0 Å². The van der Waals surface area contributed by atoms with Gasteiger partial charge in [0.15, 0.2) is 0 Å². The van der Waals surface area contributed by atoms with Crippen molar-refractivity contribution >= 4 is 11.8 Å². The van der Waals surface area contributed by atoms with Crippen molar-refractivity contribution in [2.45, 2.75) is 32.7 Å². The van der Waals surface area contributed by atoms with Gasteiger partial charge >= 0.3 is 0 Å². The van der Waals surface area contributed by atoms with Gasteiger partial charge in [-0.25, -0.2) is 0 Å². The first-order chi connectivity index (χ1) is 9.24. The first kappa shape index (κ1) is 14.9. The molecule has 1 aliphatic heterocycles. The molecule has 3 unspecified atom stereocenters. The Bertz CT molecular complexity index is 375. The molecule has 0 aromatic carbocycles. The van der Waals surface area contributed by atoms with Crippen molar-refractivity contribution in [3.63, 3.8) is 0 Å². The number of hydrogen-bond acceptors (Lipinski definition) is 3. The van der Waals surface area contributed by atoms with E-state index in [0.717, 1.165) is 25.1 Å². The van der Waals surface area contributed by atoms with Gasteiger partial charge in [-0.05, 0) is 23.7 Å². The van der Waals surface area contributed by atoms with Gasteiger partial charge in [0.2, 0.25) is 0 Å². The summed E-state index contributed by atoms with van der Waals surface area (Å²) in [6.45, 7) is 5.64. The van der Waals surface area contributed by atoms with Gasteiger partial charge in [0, 0.05) is 24.3 Å². The second-order valence-corrected chi connectivity index (χ2v) is 6.59. The molecular weight excluding hydrogens is 254 g/mol. The van der Waals surface area contributed by atoms with Crippen LogP contribution in [-0.2, 0) is 0 Å². The third-order valence-corrected chi connectivity index (χ3v) is 5.32. The number of aliphatic hydroxyl groups excluding tert-OH is 1. The van der Waals surface area contributed by atoms with Crippen LogP contribution >= 0.6 is 11.8 Å². The minimum Gasteiger partial charge on any atom is -0.381 e. The topological polar surface area (TPSA) is 23.5 Å². The molecule has 2 nitrogen and oxygen atoms in total. The minimum atomic E-state index is 0.154. The van der Waals surface area contributed by atoms with Crippen LogP contribution in [0.4, 0.5) is 0 Å². The molecule has 1 aliphatic carbocycles. The number of hydrogen-bond donors (Lipinski definition) is 1. The lowest BCUT2D eigenvalue weighted by Gasteiger charge is -2.35. The fraction of sp³-hybridized carbons (Fsp3) is 0.625. The molecular formula is C16H25NOS. The number of allylic oxidation sites excluding steroid dienone is 4. The number of thioether (sulfide) groups is 1. The summed E-state index contributed by atoms with van der Waals surface area (Å²) in [5.41, 5.74) is 0. The normalized spacial score (nSPS) is 35.5. The molecule has 0 aromatic rings. The van der Waals surface area contributed by atoms with E-state index in [2.05, 4.69) is 49.1 Å². The standard InChI is InChI=1S/C16H25NOS/c1-3-15-10-13(2)8-9-17(12-18)16-7-5-4-6-14(16)11-19-15/h4-7,10,13-14,16,18H,3,8-9,11-12H2,1-2H3/b15-10-. The summed E-state index contributed by atoms with van der Waals surface area (Å²) < 4.78 is 0. The van der Waals surface area contributed by atoms with E-state index in [9.17, 15) is 5.11 Å². The summed E-state index contributed by atoms with van der Waals surface area (Å²) in [4.78, 5) is 3.72. The second-order valence-electron chi connectivity index (χ2n) is 5.44. The zero-order chi connectivity index (χ0) is 13.7. The monoisotopic (exact) mass is 279 g/mol. The van der Waals surface area contributed by atoms with Crippen molar-refractivity contribution in [2.24, 2.45) is 11.8 Å². The summed E-state index contributed by atoms with van der Waals surface area (Å²) >= 11 is 1.99. The summed E-state index contributed by atoms with van der Waals surface area (Å²) in [5, 5.41) is 9.64. The summed E-state index contributed by atoms with van der Waals surface area (Å²) in [5.74, 6) is 2.20. The van der Waals surface area contributed by atoms with Crippen LogP contribution in [0.25, 0.3) is 0 Å². The third-order valence-electron chi connectivity index (χ3n) is 3.97. The number of rotatable bonds is 2. The molecule has 1 N–H and O–H groups in total. The van der Waals surface area contributed by atoms with E-state index in [0.29, 0.717) is 17.9 Å². The molecule has 0 fully saturated rings. The Hall–Kier alpha value is -0.510. The van der Waals surface area contributed by atoms with Crippen molar-refractivity contribution in [2.75, 3.05) is 19.0 Å². The van der Waals surface area contributed by atoms with Crippen LogP contribution in [0, 0.1) is 11.8 Å². The van der Waals surface area contributed by atoms with Crippen LogP contribution in [-0.4, -0.2) is 35.1 Å². The smallest absolute Gasteiger partial charge is 0.0961 e. The zero-order valence-electron chi connectivity index (χ0n) is 12.0. The highest BCUT2D eigenvalue weighted by Gasteiger charge is 2.26. The zero-order valence-corrected chi connectivity index (χ0v) is 12.8. The molecule has 2 rings (SSSR count). The highest BCUT2D eigenvalue weighted by molar-refractivity contribution is 8.03. The molecule has 1 heterocycles. The van der Waals surface area contributed by atoms with Crippen molar-refractivity contribution in [1.82, 2.24) is 4.90 Å². The van der Waals surface area contributed by atoms with Gasteiger partial charge in [-0.3, -0.25) is 4.90 Å². The molecule has 2 aliphatic rings. The molecule has 0 saturated carbocycles. The first-order valence-electron chi connectivity index (χ1n) is 7.28. The lowest BCUT2D eigenvalue weighted by Crippen LogP contribution is -2.42. The molecule has 0 bridgehead atoms. The van der Waals surface area contributed by atoms with Crippen LogP contribution in [0.2, 0.25) is 0 Å². The third kappa shape index (κ3) is 3.98. The van der Waals surface area contributed by atoms with Crippen molar-refractivity contribution in [3.05, 3.63) is 35.3 Å². The Morgan fingerprint density at radius 2 is 2.16 bits per heavy atom. The van der Waals surface area contributed by atoms with E-state index in [-0.39, 0.29) is 6.73 Å². The van der Waals surface area contributed by atoms with Gasteiger partial charge in [-0.1, -0.05) is 44.2 Å². The predicted molar refractivity (Wildman–Crippen MR) is 84.0 cm³/mol. The second kappa shape index (κ2) is 7.32. The van der Waals surface area contributed by atoms with Crippen molar-refractivity contribution < 1.29 is 5.11 Å². The molecule has 0 aromatic heterocycles. The van der Waals surface area contributed by atoms with E-state index < -0.39 is 0 Å². The largest absolute Gasteiger partial charge is 0.381 e. The highest BCUT2D eigenvalue weighted by Crippen LogP contribution is 2.30.